The molecule has 23 heavy (non-hydrogen) atoms. The van der Waals surface area contributed by atoms with Crippen molar-refractivity contribution < 1.29 is 0 Å². The number of aromatic nitrogens is 1. The molecule has 1 fully saturated rings. The summed E-state index contributed by atoms with van der Waals surface area (Å²) in [5, 5.41) is 12.5. The first kappa shape index (κ1) is 14.6. The van der Waals surface area contributed by atoms with Crippen LogP contribution >= 0.6 is 0 Å². The third kappa shape index (κ3) is 2.69. The van der Waals surface area contributed by atoms with Gasteiger partial charge in [0.1, 0.15) is 0 Å². The molecule has 0 amide bonds. The lowest BCUT2D eigenvalue weighted by molar-refractivity contribution is 0.490. The summed E-state index contributed by atoms with van der Waals surface area (Å²) in [5.74, 6) is 1.05. The van der Waals surface area contributed by atoms with Crippen LogP contribution in [-0.4, -0.2) is 11.2 Å². The molecular formula is C20H25N3. The van der Waals surface area contributed by atoms with E-state index in [0.29, 0.717) is 17.9 Å². The summed E-state index contributed by atoms with van der Waals surface area (Å²) in [7, 11) is 0. The SMILES string of the molecule is C/C(=C\C1CC1C=N)NC1CCCc2c1[nH]c1ccc(C)cc21. The lowest BCUT2D eigenvalue weighted by Gasteiger charge is -2.25. The molecule has 1 aromatic heterocycles. The van der Waals surface area contributed by atoms with E-state index in [-0.39, 0.29) is 0 Å². The van der Waals surface area contributed by atoms with Crippen LogP contribution in [0.5, 0.6) is 0 Å². The highest BCUT2D eigenvalue weighted by Crippen LogP contribution is 2.39. The molecule has 3 nitrogen and oxygen atoms in total. The summed E-state index contributed by atoms with van der Waals surface area (Å²) in [4.78, 5) is 3.66. The number of allylic oxidation sites excluding steroid dienone is 2. The average Bonchev–Trinajstić information content (AvgIpc) is 3.18. The van der Waals surface area contributed by atoms with Crippen LogP contribution in [0.2, 0.25) is 0 Å². The molecular weight excluding hydrogens is 282 g/mol. The molecule has 4 rings (SSSR count). The third-order valence-corrected chi connectivity index (χ3v) is 5.33. The Labute approximate surface area is 137 Å². The number of hydrogen-bond donors (Lipinski definition) is 3. The van der Waals surface area contributed by atoms with E-state index in [4.69, 9.17) is 5.41 Å². The van der Waals surface area contributed by atoms with Crippen molar-refractivity contribution in [3.8, 4) is 0 Å². The molecule has 2 aliphatic carbocycles. The van der Waals surface area contributed by atoms with Crippen molar-refractivity contribution in [2.75, 3.05) is 0 Å². The van der Waals surface area contributed by atoms with Crippen molar-refractivity contribution in [2.24, 2.45) is 11.8 Å². The Kier molecular flexibility index (Phi) is 3.51. The average molecular weight is 307 g/mol. The molecule has 120 valence electrons. The maximum atomic E-state index is 7.34. The fourth-order valence-electron chi connectivity index (χ4n) is 3.98. The highest BCUT2D eigenvalue weighted by Gasteiger charge is 2.33. The second kappa shape index (κ2) is 5.55. The van der Waals surface area contributed by atoms with E-state index < -0.39 is 0 Å². The molecule has 0 aliphatic heterocycles. The summed E-state index contributed by atoms with van der Waals surface area (Å²) < 4.78 is 0. The summed E-state index contributed by atoms with van der Waals surface area (Å²) >= 11 is 0. The number of hydrogen-bond acceptors (Lipinski definition) is 2. The van der Waals surface area contributed by atoms with Crippen LogP contribution in [0.1, 0.15) is 49.0 Å². The van der Waals surface area contributed by atoms with Gasteiger partial charge < -0.3 is 15.7 Å². The topological polar surface area (TPSA) is 51.7 Å². The first-order valence-electron chi connectivity index (χ1n) is 8.72. The van der Waals surface area contributed by atoms with Gasteiger partial charge in [-0.1, -0.05) is 17.7 Å². The van der Waals surface area contributed by atoms with E-state index in [1.807, 2.05) is 0 Å². The fourth-order valence-corrected chi connectivity index (χ4v) is 3.98. The highest BCUT2D eigenvalue weighted by atomic mass is 15.0. The molecule has 0 radical (unpaired) electrons. The van der Waals surface area contributed by atoms with Crippen molar-refractivity contribution in [1.29, 1.82) is 5.41 Å². The monoisotopic (exact) mass is 307 g/mol. The van der Waals surface area contributed by atoms with Crippen molar-refractivity contribution in [3.63, 3.8) is 0 Å². The summed E-state index contributed by atoms with van der Waals surface area (Å²) in [5.41, 5.74) is 6.74. The zero-order valence-corrected chi connectivity index (χ0v) is 13.9. The summed E-state index contributed by atoms with van der Waals surface area (Å²) in [6.45, 7) is 4.33. The van der Waals surface area contributed by atoms with E-state index in [1.54, 1.807) is 6.21 Å². The maximum absolute atomic E-state index is 7.34. The number of rotatable bonds is 4. The van der Waals surface area contributed by atoms with Gasteiger partial charge in [-0.3, -0.25) is 0 Å². The molecule has 0 spiro atoms. The first-order valence-corrected chi connectivity index (χ1v) is 8.72. The smallest absolute Gasteiger partial charge is 0.0663 e. The van der Waals surface area contributed by atoms with Crippen LogP contribution in [0.15, 0.2) is 30.0 Å². The van der Waals surface area contributed by atoms with Crippen molar-refractivity contribution in [3.05, 3.63) is 46.8 Å². The molecule has 3 heteroatoms. The van der Waals surface area contributed by atoms with E-state index in [2.05, 4.69) is 48.4 Å². The minimum absolute atomic E-state index is 0.389. The second-order valence-electron chi connectivity index (χ2n) is 7.24. The molecule has 1 saturated carbocycles. The molecule has 0 bridgehead atoms. The Hall–Kier alpha value is -2.03. The van der Waals surface area contributed by atoms with Gasteiger partial charge in [0, 0.05) is 28.2 Å². The van der Waals surface area contributed by atoms with Crippen LogP contribution in [0, 0.1) is 24.2 Å². The minimum atomic E-state index is 0.389. The normalized spacial score (nSPS) is 26.9. The van der Waals surface area contributed by atoms with Crippen molar-refractivity contribution in [1.82, 2.24) is 10.3 Å². The summed E-state index contributed by atoms with van der Waals surface area (Å²) in [6.07, 6.45) is 8.65. The molecule has 2 aromatic rings. The van der Waals surface area contributed by atoms with Gasteiger partial charge in [0.25, 0.3) is 0 Å². The van der Waals surface area contributed by atoms with E-state index in [9.17, 15) is 0 Å². The first-order chi connectivity index (χ1) is 11.2. The molecule has 0 saturated heterocycles. The van der Waals surface area contributed by atoms with Crippen LogP contribution in [0.3, 0.4) is 0 Å². The van der Waals surface area contributed by atoms with Crippen molar-refractivity contribution >= 4 is 17.1 Å². The largest absolute Gasteiger partial charge is 0.381 e. The fraction of sp³-hybridized carbons (Fsp3) is 0.450. The molecule has 3 atom stereocenters. The predicted octanol–water partition coefficient (Wildman–Crippen LogP) is 4.63. The third-order valence-electron chi connectivity index (χ3n) is 5.33. The Morgan fingerprint density at radius 3 is 3.00 bits per heavy atom. The number of H-pyrrole nitrogens is 1. The van der Waals surface area contributed by atoms with Crippen LogP contribution in [0.4, 0.5) is 0 Å². The lowest BCUT2D eigenvalue weighted by Crippen LogP contribution is -2.24. The quantitative estimate of drug-likeness (QED) is 0.709. The van der Waals surface area contributed by atoms with Gasteiger partial charge in [-0.25, -0.2) is 0 Å². The van der Waals surface area contributed by atoms with Gasteiger partial charge in [-0.05, 0) is 69.4 Å². The standard InChI is InChI=1S/C20H25N3/c1-12-6-7-18-17(8-12)16-4-3-5-19(20(16)23-18)22-13(2)9-14-10-15(14)11-21/h6-9,11,14-15,19,21-23H,3-5,10H2,1-2H3/b13-9+,21-11?. The van der Waals surface area contributed by atoms with Gasteiger partial charge in [0.2, 0.25) is 0 Å². The molecule has 1 heterocycles. The number of aryl methyl sites for hydroxylation is 2. The van der Waals surface area contributed by atoms with Gasteiger partial charge in [-0.2, -0.15) is 0 Å². The van der Waals surface area contributed by atoms with Gasteiger partial charge in [0.05, 0.1) is 6.04 Å². The zero-order chi connectivity index (χ0) is 16.0. The molecule has 3 unspecified atom stereocenters. The van der Waals surface area contributed by atoms with Gasteiger partial charge in [-0.15, -0.1) is 0 Å². The van der Waals surface area contributed by atoms with Crippen LogP contribution in [0.25, 0.3) is 10.9 Å². The van der Waals surface area contributed by atoms with Crippen molar-refractivity contribution in [2.45, 2.75) is 45.6 Å². The summed E-state index contributed by atoms with van der Waals surface area (Å²) in [6, 6.07) is 7.10. The molecule has 3 N–H and O–H groups in total. The Bertz CT molecular complexity index is 784. The van der Waals surface area contributed by atoms with Gasteiger partial charge in [0.15, 0.2) is 0 Å². The molecule has 1 aromatic carbocycles. The Morgan fingerprint density at radius 1 is 1.35 bits per heavy atom. The van der Waals surface area contributed by atoms with Crippen LogP contribution in [-0.2, 0) is 6.42 Å². The number of benzene rings is 1. The van der Waals surface area contributed by atoms with E-state index in [0.717, 1.165) is 6.42 Å². The highest BCUT2D eigenvalue weighted by molar-refractivity contribution is 5.85. The Balaban J connectivity index is 1.60. The van der Waals surface area contributed by atoms with Gasteiger partial charge >= 0.3 is 0 Å². The lowest BCUT2D eigenvalue weighted by atomic mass is 9.91. The number of nitrogens with one attached hydrogen (secondary N) is 3. The van der Waals surface area contributed by atoms with Crippen LogP contribution < -0.4 is 5.32 Å². The number of fused-ring (bicyclic) bond motifs is 3. The molecule has 2 aliphatic rings. The number of aromatic amines is 1. The Morgan fingerprint density at radius 2 is 2.22 bits per heavy atom. The predicted molar refractivity (Wildman–Crippen MR) is 96.0 cm³/mol. The minimum Gasteiger partial charge on any atom is -0.381 e. The maximum Gasteiger partial charge on any atom is 0.0663 e. The van der Waals surface area contributed by atoms with E-state index in [1.165, 1.54) is 52.7 Å². The zero-order valence-electron chi connectivity index (χ0n) is 13.9. The van der Waals surface area contributed by atoms with E-state index >= 15 is 0 Å². The second-order valence-corrected chi connectivity index (χ2v) is 7.24.